The summed E-state index contributed by atoms with van der Waals surface area (Å²) < 4.78 is 6.67. The molecule has 12 aromatic rings. The van der Waals surface area contributed by atoms with Gasteiger partial charge in [-0.15, -0.1) is 0 Å². The zero-order valence-corrected chi connectivity index (χ0v) is 41.5. The van der Waals surface area contributed by atoms with Crippen LogP contribution in [0.15, 0.2) is 279 Å². The van der Waals surface area contributed by atoms with Crippen molar-refractivity contribution in [2.24, 2.45) is 0 Å². The summed E-state index contributed by atoms with van der Waals surface area (Å²) in [7, 11) is 0. The van der Waals surface area contributed by atoms with Crippen molar-refractivity contribution in [2.75, 3.05) is 0 Å². The van der Waals surface area contributed by atoms with Gasteiger partial charge in [-0.25, -0.2) is 0 Å². The summed E-state index contributed by atoms with van der Waals surface area (Å²) in [6.45, 7) is 0. The van der Waals surface area contributed by atoms with E-state index >= 15 is 0 Å². The molecule has 0 unspecified atom stereocenters. The first kappa shape index (κ1) is 41.9. The third kappa shape index (κ3) is 5.10. The molecule has 5 aliphatic rings. The molecular weight excluding hydrogens is 917 g/mol. The molecular formula is C75H46O. The second-order valence-electron chi connectivity index (χ2n) is 21.3. The minimum atomic E-state index is -0.560. The topological polar surface area (TPSA) is 9.23 Å². The van der Waals surface area contributed by atoms with Crippen LogP contribution in [0.2, 0.25) is 0 Å². The fourth-order valence-corrected chi connectivity index (χ4v) is 15.3. The Morgan fingerprint density at radius 2 is 0.526 bits per heavy atom. The third-order valence-corrected chi connectivity index (χ3v) is 18.1. The molecule has 1 heteroatoms. The summed E-state index contributed by atoms with van der Waals surface area (Å²) >= 11 is 0. The molecule has 12 aromatic carbocycles. The van der Waals surface area contributed by atoms with E-state index in [1.54, 1.807) is 0 Å². The Morgan fingerprint density at radius 3 is 1.01 bits per heavy atom. The Labute approximate surface area is 442 Å². The Balaban J connectivity index is 0.821. The lowest BCUT2D eigenvalue weighted by atomic mass is 9.66. The Bertz CT molecular complexity index is 4300. The van der Waals surface area contributed by atoms with Gasteiger partial charge in [-0.05, 0) is 141 Å². The van der Waals surface area contributed by atoms with E-state index in [1.807, 2.05) is 0 Å². The van der Waals surface area contributed by atoms with Crippen LogP contribution in [-0.2, 0) is 16.2 Å². The van der Waals surface area contributed by atoms with Gasteiger partial charge in [-0.2, -0.15) is 0 Å². The van der Waals surface area contributed by atoms with Crippen molar-refractivity contribution in [1.82, 2.24) is 0 Å². The van der Waals surface area contributed by atoms with Crippen molar-refractivity contribution in [1.29, 1.82) is 0 Å². The molecule has 76 heavy (non-hydrogen) atoms. The zero-order chi connectivity index (χ0) is 49.7. The largest absolute Gasteiger partial charge is 0.457 e. The molecule has 2 spiro atoms. The predicted molar refractivity (Wildman–Crippen MR) is 308 cm³/mol. The molecule has 352 valence electrons. The maximum absolute atomic E-state index is 6.67. The number of rotatable bonds is 4. The monoisotopic (exact) mass is 962 g/mol. The van der Waals surface area contributed by atoms with Gasteiger partial charge in [0.1, 0.15) is 11.5 Å². The van der Waals surface area contributed by atoms with Crippen LogP contribution in [0.1, 0.15) is 66.8 Å². The lowest BCUT2D eigenvalue weighted by Gasteiger charge is -2.39. The molecule has 0 saturated carbocycles. The van der Waals surface area contributed by atoms with Crippen LogP contribution in [0, 0.1) is 0 Å². The molecule has 0 aromatic heterocycles. The van der Waals surface area contributed by atoms with E-state index in [1.165, 1.54) is 134 Å². The molecule has 1 nitrogen and oxygen atoms in total. The summed E-state index contributed by atoms with van der Waals surface area (Å²) in [5, 5.41) is 0. The van der Waals surface area contributed by atoms with Crippen molar-refractivity contribution in [2.45, 2.75) is 16.2 Å². The van der Waals surface area contributed by atoms with E-state index in [0.717, 1.165) is 11.5 Å². The zero-order valence-electron chi connectivity index (χ0n) is 41.5. The average molecular weight is 963 g/mol. The molecule has 0 atom stereocenters. The van der Waals surface area contributed by atoms with E-state index in [9.17, 15) is 0 Å². The molecule has 1 heterocycles. The van der Waals surface area contributed by atoms with Crippen molar-refractivity contribution in [3.8, 4) is 78.3 Å². The van der Waals surface area contributed by atoms with E-state index in [4.69, 9.17) is 4.74 Å². The van der Waals surface area contributed by atoms with Crippen molar-refractivity contribution in [3.05, 3.63) is 346 Å². The SMILES string of the molecule is c1ccc2c(c1)Oc1ccccc1C21c2ccccc2-c2ccc(-c3ccc(C4(c5ccc(-c6cccc7c6-c6ccccc6C76c7ccccc7-c7ccccc76)cc5)c5ccccc5-c5ccccc54)cc3)cc21. The highest BCUT2D eigenvalue weighted by molar-refractivity contribution is 6.00. The highest BCUT2D eigenvalue weighted by Gasteiger charge is 2.53. The second kappa shape index (κ2) is 15.3. The second-order valence-corrected chi connectivity index (χ2v) is 21.3. The average Bonchev–Trinajstić information content (AvgIpc) is 4.31. The molecule has 0 amide bonds. The van der Waals surface area contributed by atoms with E-state index in [0.29, 0.717) is 0 Å². The lowest BCUT2D eigenvalue weighted by molar-refractivity contribution is 0.436. The highest BCUT2D eigenvalue weighted by Crippen LogP contribution is 2.65. The first-order chi connectivity index (χ1) is 37.7. The van der Waals surface area contributed by atoms with Crippen LogP contribution in [-0.4, -0.2) is 0 Å². The summed E-state index contributed by atoms with van der Waals surface area (Å²) in [6, 6.07) is 105. The number of ether oxygens (including phenoxy) is 1. The van der Waals surface area contributed by atoms with Gasteiger partial charge >= 0.3 is 0 Å². The molecule has 0 fully saturated rings. The molecule has 0 radical (unpaired) electrons. The fraction of sp³-hybridized carbons (Fsp3) is 0.0400. The van der Waals surface area contributed by atoms with Crippen LogP contribution in [0.25, 0.3) is 66.8 Å². The van der Waals surface area contributed by atoms with Crippen LogP contribution >= 0.6 is 0 Å². The van der Waals surface area contributed by atoms with E-state index in [-0.39, 0.29) is 0 Å². The van der Waals surface area contributed by atoms with Crippen LogP contribution in [0.3, 0.4) is 0 Å². The number of hydrogen-bond donors (Lipinski definition) is 0. The van der Waals surface area contributed by atoms with Gasteiger partial charge in [0, 0.05) is 11.1 Å². The quantitative estimate of drug-likeness (QED) is 0.171. The van der Waals surface area contributed by atoms with E-state index < -0.39 is 16.2 Å². The molecule has 4 aliphatic carbocycles. The van der Waals surface area contributed by atoms with Gasteiger partial charge in [0.15, 0.2) is 0 Å². The van der Waals surface area contributed by atoms with Crippen molar-refractivity contribution >= 4 is 0 Å². The number of para-hydroxylation sites is 2. The predicted octanol–water partition coefficient (Wildman–Crippen LogP) is 18.2. The minimum absolute atomic E-state index is 0.392. The van der Waals surface area contributed by atoms with Gasteiger partial charge in [0.25, 0.3) is 0 Å². The van der Waals surface area contributed by atoms with Crippen molar-refractivity contribution < 1.29 is 4.74 Å². The first-order valence-corrected chi connectivity index (χ1v) is 26.7. The summed E-state index contributed by atoms with van der Waals surface area (Å²) in [4.78, 5) is 0. The Hall–Kier alpha value is -9.56. The van der Waals surface area contributed by atoms with Crippen LogP contribution < -0.4 is 4.74 Å². The number of benzene rings is 12. The van der Waals surface area contributed by atoms with Gasteiger partial charge in [-0.3, -0.25) is 0 Å². The molecule has 0 N–H and O–H groups in total. The molecule has 0 saturated heterocycles. The van der Waals surface area contributed by atoms with Crippen molar-refractivity contribution in [3.63, 3.8) is 0 Å². The van der Waals surface area contributed by atoms with Crippen LogP contribution in [0.4, 0.5) is 0 Å². The van der Waals surface area contributed by atoms with Gasteiger partial charge < -0.3 is 4.74 Å². The van der Waals surface area contributed by atoms with Gasteiger partial charge in [-0.1, -0.05) is 261 Å². The smallest absolute Gasteiger partial charge is 0.132 e. The maximum atomic E-state index is 6.67. The maximum Gasteiger partial charge on any atom is 0.132 e. The summed E-state index contributed by atoms with van der Waals surface area (Å²) in [6.07, 6.45) is 0. The minimum Gasteiger partial charge on any atom is -0.457 e. The molecule has 1 aliphatic heterocycles. The van der Waals surface area contributed by atoms with Gasteiger partial charge in [0.05, 0.1) is 16.2 Å². The lowest BCUT2D eigenvalue weighted by Crippen LogP contribution is -2.32. The van der Waals surface area contributed by atoms with E-state index in [2.05, 4.69) is 279 Å². The molecule has 0 bridgehead atoms. The summed E-state index contributed by atoms with van der Waals surface area (Å²) in [5.74, 6) is 1.81. The molecule has 17 rings (SSSR count). The fourth-order valence-electron chi connectivity index (χ4n) is 15.3. The van der Waals surface area contributed by atoms with Crippen LogP contribution in [0.5, 0.6) is 11.5 Å². The highest BCUT2D eigenvalue weighted by atomic mass is 16.5. The van der Waals surface area contributed by atoms with Gasteiger partial charge in [0.2, 0.25) is 0 Å². The normalized spacial score (nSPS) is 15.0. The summed E-state index contributed by atoms with van der Waals surface area (Å²) in [5.41, 5.74) is 29.2. The first-order valence-electron chi connectivity index (χ1n) is 26.7. The Morgan fingerprint density at radius 1 is 0.197 bits per heavy atom. The number of hydrogen-bond acceptors (Lipinski definition) is 1. The standard InChI is InChI=1S/C75H46O/c1-7-25-60-53(18-1)54-19-2-8-26-61(54)73(60,51-43-38-48(39-44-51)52-24-17-33-68-72(52)59-23-6-12-30-65(59)74(68)62-27-9-3-20-55(62)56-21-4-10-28-63(56)74)50-41-36-47(37-42-50)49-40-45-58-57-22-5-11-29-64(57)75(69(58)46-49)66-31-13-15-34-70(66)76-71-35-16-14-32-67(71)75/h1-46H. The third-order valence-electron chi connectivity index (χ3n) is 18.1. The Kier molecular flexibility index (Phi) is 8.41. The number of fused-ring (bicyclic) bond motifs is 22.